The quantitative estimate of drug-likeness (QED) is 0.615. The largest absolute Gasteiger partial charge is 0.464 e. The van der Waals surface area contributed by atoms with Crippen molar-refractivity contribution in [2.45, 2.75) is 32.7 Å². The molecule has 3 heterocycles. The molecule has 7 nitrogen and oxygen atoms in total. The first-order valence-corrected chi connectivity index (χ1v) is 10.7. The van der Waals surface area contributed by atoms with E-state index in [2.05, 4.69) is 44.5 Å². The summed E-state index contributed by atoms with van der Waals surface area (Å²) in [6.45, 7) is 5.63. The fourth-order valence-corrected chi connectivity index (χ4v) is 3.72. The molecular weight excluding hydrogens is 390 g/mol. The molecule has 3 aromatic rings. The molecule has 0 bridgehead atoms. The molecule has 0 radical (unpaired) electrons. The van der Waals surface area contributed by atoms with Gasteiger partial charge in [-0.25, -0.2) is 14.8 Å². The minimum Gasteiger partial charge on any atom is -0.464 e. The lowest BCUT2D eigenvalue weighted by atomic mass is 10.0. The number of benzene rings is 1. The monoisotopic (exact) mass is 417 g/mol. The van der Waals surface area contributed by atoms with Gasteiger partial charge in [0, 0.05) is 25.4 Å². The molecule has 2 aromatic heterocycles. The van der Waals surface area contributed by atoms with Gasteiger partial charge in [0.25, 0.3) is 0 Å². The number of fused-ring (bicyclic) bond motifs is 1. The maximum atomic E-state index is 12.1. The summed E-state index contributed by atoms with van der Waals surface area (Å²) >= 11 is 0. The van der Waals surface area contributed by atoms with E-state index in [4.69, 9.17) is 9.72 Å². The Morgan fingerprint density at radius 1 is 1.10 bits per heavy atom. The predicted octanol–water partition coefficient (Wildman–Crippen LogP) is 3.51. The molecule has 4 rings (SSSR count). The minimum atomic E-state index is -0.521. The average molecular weight is 418 g/mol. The zero-order chi connectivity index (χ0) is 21.6. The van der Waals surface area contributed by atoms with Crippen LogP contribution in [0.25, 0.3) is 11.5 Å². The molecule has 0 saturated heterocycles. The SMILES string of the molecule is CCOC(=O)C(C)Nc1cc(N2CCc3ccccc3CC2)nc(-c2ccccn2)n1. The van der Waals surface area contributed by atoms with Gasteiger partial charge in [-0.05, 0) is 49.9 Å². The molecule has 1 aliphatic heterocycles. The number of hydrogen-bond acceptors (Lipinski definition) is 7. The van der Waals surface area contributed by atoms with Gasteiger partial charge in [-0.15, -0.1) is 0 Å². The van der Waals surface area contributed by atoms with Crippen molar-refractivity contribution in [3.8, 4) is 11.5 Å². The first kappa shape index (κ1) is 20.8. The van der Waals surface area contributed by atoms with Gasteiger partial charge in [0.15, 0.2) is 5.82 Å². The second-order valence-electron chi connectivity index (χ2n) is 7.52. The van der Waals surface area contributed by atoms with Crippen LogP contribution in [0.4, 0.5) is 11.6 Å². The van der Waals surface area contributed by atoms with Crippen molar-refractivity contribution in [1.29, 1.82) is 0 Å². The second kappa shape index (κ2) is 9.55. The molecule has 160 valence electrons. The topological polar surface area (TPSA) is 80.2 Å². The van der Waals surface area contributed by atoms with Crippen LogP contribution in [-0.4, -0.2) is 46.7 Å². The van der Waals surface area contributed by atoms with E-state index in [1.54, 1.807) is 20.0 Å². The molecule has 1 aromatic carbocycles. The van der Waals surface area contributed by atoms with Crippen molar-refractivity contribution in [2.75, 3.05) is 29.9 Å². The van der Waals surface area contributed by atoms with Gasteiger partial charge in [-0.2, -0.15) is 0 Å². The van der Waals surface area contributed by atoms with Crippen LogP contribution in [0.5, 0.6) is 0 Å². The first-order chi connectivity index (χ1) is 15.1. The summed E-state index contributed by atoms with van der Waals surface area (Å²) in [5, 5.41) is 3.17. The molecule has 1 unspecified atom stereocenters. The van der Waals surface area contributed by atoms with E-state index in [9.17, 15) is 4.79 Å². The molecule has 0 aliphatic carbocycles. The number of ether oxygens (including phenoxy) is 1. The maximum Gasteiger partial charge on any atom is 0.328 e. The lowest BCUT2D eigenvalue weighted by Crippen LogP contribution is -2.30. The second-order valence-corrected chi connectivity index (χ2v) is 7.52. The summed E-state index contributed by atoms with van der Waals surface area (Å²) < 4.78 is 5.12. The summed E-state index contributed by atoms with van der Waals surface area (Å²) in [6.07, 6.45) is 3.64. The lowest BCUT2D eigenvalue weighted by Gasteiger charge is -2.23. The fraction of sp³-hybridized carbons (Fsp3) is 0.333. The summed E-state index contributed by atoms with van der Waals surface area (Å²) in [7, 11) is 0. The molecule has 31 heavy (non-hydrogen) atoms. The number of hydrogen-bond donors (Lipinski definition) is 1. The van der Waals surface area contributed by atoms with Crippen LogP contribution in [0, 0.1) is 0 Å². The van der Waals surface area contributed by atoms with Crippen LogP contribution < -0.4 is 10.2 Å². The third-order valence-corrected chi connectivity index (χ3v) is 5.36. The van der Waals surface area contributed by atoms with Gasteiger partial charge in [0.05, 0.1) is 6.61 Å². The number of carbonyl (C=O) groups excluding carboxylic acids is 1. The van der Waals surface area contributed by atoms with E-state index < -0.39 is 6.04 Å². The lowest BCUT2D eigenvalue weighted by molar-refractivity contribution is -0.143. The maximum absolute atomic E-state index is 12.1. The van der Waals surface area contributed by atoms with Crippen LogP contribution in [-0.2, 0) is 22.4 Å². The zero-order valence-corrected chi connectivity index (χ0v) is 17.9. The van der Waals surface area contributed by atoms with Crippen molar-refractivity contribution in [3.63, 3.8) is 0 Å². The van der Waals surface area contributed by atoms with Crippen LogP contribution in [0.3, 0.4) is 0 Å². The van der Waals surface area contributed by atoms with Crippen LogP contribution in [0.2, 0.25) is 0 Å². The van der Waals surface area contributed by atoms with E-state index >= 15 is 0 Å². The Hall–Kier alpha value is -3.48. The number of nitrogens with zero attached hydrogens (tertiary/aromatic N) is 4. The van der Waals surface area contributed by atoms with Gasteiger partial charge in [-0.3, -0.25) is 4.98 Å². The number of esters is 1. The van der Waals surface area contributed by atoms with E-state index in [1.165, 1.54) is 11.1 Å². The molecule has 0 spiro atoms. The van der Waals surface area contributed by atoms with Gasteiger partial charge in [-0.1, -0.05) is 30.3 Å². The molecule has 7 heteroatoms. The van der Waals surface area contributed by atoms with Crippen molar-refractivity contribution >= 4 is 17.6 Å². The van der Waals surface area contributed by atoms with E-state index in [1.807, 2.05) is 24.3 Å². The molecule has 0 fully saturated rings. The van der Waals surface area contributed by atoms with Crippen molar-refractivity contribution in [2.24, 2.45) is 0 Å². The Bertz CT molecular complexity index is 1010. The van der Waals surface area contributed by atoms with Crippen LogP contribution >= 0.6 is 0 Å². The normalized spacial score (nSPS) is 14.3. The first-order valence-electron chi connectivity index (χ1n) is 10.7. The third kappa shape index (κ3) is 4.99. The van der Waals surface area contributed by atoms with Crippen LogP contribution in [0.15, 0.2) is 54.7 Å². The van der Waals surface area contributed by atoms with E-state index in [0.717, 1.165) is 31.7 Å². The standard InChI is InChI=1S/C24H27N5O2/c1-3-31-24(30)17(2)26-21-16-22(28-23(27-21)20-10-6-7-13-25-20)29-14-11-18-8-4-5-9-19(18)12-15-29/h4-10,13,16-17H,3,11-12,14-15H2,1-2H3,(H,26,27,28). The molecule has 1 atom stereocenters. The summed E-state index contributed by atoms with van der Waals surface area (Å²) in [5.74, 6) is 1.61. The van der Waals surface area contributed by atoms with Crippen LogP contribution in [0.1, 0.15) is 25.0 Å². The number of rotatable bonds is 6. The number of nitrogens with one attached hydrogen (secondary N) is 1. The summed E-state index contributed by atoms with van der Waals surface area (Å²) in [5.41, 5.74) is 3.46. The Labute approximate surface area is 182 Å². The molecule has 0 amide bonds. The fourth-order valence-electron chi connectivity index (χ4n) is 3.72. The summed E-state index contributed by atoms with van der Waals surface area (Å²) in [6, 6.07) is 15.6. The van der Waals surface area contributed by atoms with Crippen molar-refractivity contribution < 1.29 is 9.53 Å². The highest BCUT2D eigenvalue weighted by Gasteiger charge is 2.20. The molecular formula is C24H27N5O2. The number of anilines is 2. The summed E-state index contributed by atoms with van der Waals surface area (Å²) in [4.78, 5) is 28.2. The van der Waals surface area contributed by atoms with E-state index in [0.29, 0.717) is 23.9 Å². The molecule has 1 aliphatic rings. The third-order valence-electron chi connectivity index (χ3n) is 5.36. The average Bonchev–Trinajstić information content (AvgIpc) is 3.02. The Morgan fingerprint density at radius 2 is 1.81 bits per heavy atom. The van der Waals surface area contributed by atoms with Gasteiger partial charge in [0.2, 0.25) is 0 Å². The Morgan fingerprint density at radius 3 is 2.45 bits per heavy atom. The molecule has 0 saturated carbocycles. The van der Waals surface area contributed by atoms with Crippen molar-refractivity contribution in [1.82, 2.24) is 15.0 Å². The zero-order valence-electron chi connectivity index (χ0n) is 17.9. The van der Waals surface area contributed by atoms with Gasteiger partial charge >= 0.3 is 5.97 Å². The van der Waals surface area contributed by atoms with E-state index in [-0.39, 0.29) is 5.97 Å². The number of aromatic nitrogens is 3. The number of pyridine rings is 1. The van der Waals surface area contributed by atoms with Gasteiger partial charge in [0.1, 0.15) is 23.4 Å². The number of carbonyl (C=O) groups is 1. The van der Waals surface area contributed by atoms with Gasteiger partial charge < -0.3 is 15.0 Å². The highest BCUT2D eigenvalue weighted by molar-refractivity contribution is 5.78. The Kier molecular flexibility index (Phi) is 6.40. The predicted molar refractivity (Wildman–Crippen MR) is 121 cm³/mol. The smallest absolute Gasteiger partial charge is 0.328 e. The highest BCUT2D eigenvalue weighted by Crippen LogP contribution is 2.25. The van der Waals surface area contributed by atoms with Crippen molar-refractivity contribution in [3.05, 3.63) is 65.9 Å². The Balaban J connectivity index is 1.64. The minimum absolute atomic E-state index is 0.313. The molecule has 1 N–H and O–H groups in total. The highest BCUT2D eigenvalue weighted by atomic mass is 16.5.